The van der Waals surface area contributed by atoms with E-state index in [0.717, 1.165) is 18.2 Å². The van der Waals surface area contributed by atoms with Crippen LogP contribution in [0.2, 0.25) is 5.02 Å². The van der Waals surface area contributed by atoms with Gasteiger partial charge in [-0.05, 0) is 42.5 Å². The van der Waals surface area contributed by atoms with E-state index in [1.54, 1.807) is 12.1 Å². The first-order chi connectivity index (χ1) is 14.5. The van der Waals surface area contributed by atoms with E-state index in [0.29, 0.717) is 6.07 Å². The van der Waals surface area contributed by atoms with Crippen LogP contribution in [0.5, 0.6) is 5.75 Å². The summed E-state index contributed by atoms with van der Waals surface area (Å²) in [4.78, 5) is -1.14. The molecule has 0 saturated carbocycles. The molecule has 3 rings (SSSR count). The number of hydrogen-bond donors (Lipinski definition) is 2. The van der Waals surface area contributed by atoms with Gasteiger partial charge in [-0.2, -0.15) is 0 Å². The molecule has 0 heterocycles. The van der Waals surface area contributed by atoms with Crippen LogP contribution >= 0.6 is 11.6 Å². The van der Waals surface area contributed by atoms with Crippen molar-refractivity contribution in [1.29, 1.82) is 0 Å². The number of nitrogens with one attached hydrogen (secondary N) is 2. The van der Waals surface area contributed by atoms with Crippen molar-refractivity contribution in [3.8, 4) is 5.75 Å². The molecule has 2 N–H and O–H groups in total. The Balaban J connectivity index is 2.00. The fourth-order valence-corrected chi connectivity index (χ4v) is 5.04. The summed E-state index contributed by atoms with van der Waals surface area (Å²) < 4.78 is 87.2. The van der Waals surface area contributed by atoms with E-state index in [4.69, 9.17) is 16.3 Å². The molecule has 0 aliphatic rings. The highest BCUT2D eigenvalue weighted by atomic mass is 35.5. The molecule has 0 aliphatic heterocycles. The summed E-state index contributed by atoms with van der Waals surface area (Å²) in [7, 11) is -7.46. The number of benzene rings is 3. The summed E-state index contributed by atoms with van der Waals surface area (Å²) in [5.74, 6) is -2.29. The van der Waals surface area contributed by atoms with E-state index < -0.39 is 36.6 Å². The third-order valence-corrected chi connectivity index (χ3v) is 7.12. The third kappa shape index (κ3) is 5.06. The van der Waals surface area contributed by atoms with Crippen LogP contribution in [0.3, 0.4) is 0 Å². The standard InChI is InChI=1S/C19H15ClF2N2O5S2/c1-29-18-8-7-13(30(25,26)23-16-5-3-2-4-14(16)20)11-17(18)24-31(27,28)19-9-6-12(21)10-15(19)22/h2-11,23-24H,1H3. The predicted molar refractivity (Wildman–Crippen MR) is 112 cm³/mol. The van der Waals surface area contributed by atoms with E-state index in [1.807, 2.05) is 0 Å². The molecule has 3 aromatic carbocycles. The van der Waals surface area contributed by atoms with Crippen LogP contribution in [0.25, 0.3) is 0 Å². The molecule has 0 aliphatic carbocycles. The van der Waals surface area contributed by atoms with Gasteiger partial charge in [0.25, 0.3) is 20.0 Å². The number of methoxy groups -OCH3 is 1. The van der Waals surface area contributed by atoms with Gasteiger partial charge >= 0.3 is 0 Å². The number of sulfonamides is 2. The van der Waals surface area contributed by atoms with Gasteiger partial charge in [-0.15, -0.1) is 0 Å². The van der Waals surface area contributed by atoms with Crippen molar-refractivity contribution in [2.24, 2.45) is 0 Å². The molecule has 7 nitrogen and oxygen atoms in total. The Kier molecular flexibility index (Phi) is 6.39. The highest BCUT2D eigenvalue weighted by Crippen LogP contribution is 2.32. The lowest BCUT2D eigenvalue weighted by atomic mass is 10.3. The molecular formula is C19H15ClF2N2O5S2. The van der Waals surface area contributed by atoms with Crippen LogP contribution in [-0.2, 0) is 20.0 Å². The van der Waals surface area contributed by atoms with Crippen molar-refractivity contribution in [2.45, 2.75) is 9.79 Å². The molecule has 0 amide bonds. The van der Waals surface area contributed by atoms with E-state index in [1.165, 1.54) is 31.4 Å². The van der Waals surface area contributed by atoms with Crippen LogP contribution in [0.4, 0.5) is 20.2 Å². The normalized spacial score (nSPS) is 11.7. The maximum Gasteiger partial charge on any atom is 0.264 e. The zero-order chi connectivity index (χ0) is 22.8. The molecule has 0 saturated heterocycles. The Morgan fingerprint density at radius 1 is 0.839 bits per heavy atom. The Morgan fingerprint density at radius 2 is 1.52 bits per heavy atom. The fraction of sp³-hybridized carbons (Fsp3) is 0.0526. The third-order valence-electron chi connectivity index (χ3n) is 4.03. The second kappa shape index (κ2) is 8.69. The first kappa shape index (κ1) is 22.8. The molecular weight excluding hydrogens is 474 g/mol. The smallest absolute Gasteiger partial charge is 0.264 e. The van der Waals surface area contributed by atoms with Gasteiger partial charge in [0.1, 0.15) is 22.3 Å². The Hall–Kier alpha value is -2.89. The molecule has 12 heteroatoms. The van der Waals surface area contributed by atoms with E-state index in [2.05, 4.69) is 9.44 Å². The van der Waals surface area contributed by atoms with Crippen LogP contribution in [0, 0.1) is 11.6 Å². The Bertz CT molecular complexity index is 1350. The molecule has 0 fully saturated rings. The lowest BCUT2D eigenvalue weighted by molar-refractivity contribution is 0.416. The molecule has 0 bridgehead atoms. The quantitative estimate of drug-likeness (QED) is 0.518. The highest BCUT2D eigenvalue weighted by Gasteiger charge is 2.24. The second-order valence-electron chi connectivity index (χ2n) is 6.13. The molecule has 3 aromatic rings. The van der Waals surface area contributed by atoms with Crippen LogP contribution in [0.15, 0.2) is 70.5 Å². The second-order valence-corrected chi connectivity index (χ2v) is 9.87. The number of para-hydroxylation sites is 1. The van der Waals surface area contributed by atoms with E-state index >= 15 is 0 Å². The number of rotatable bonds is 7. The first-order valence-electron chi connectivity index (χ1n) is 8.47. The Morgan fingerprint density at radius 3 is 2.16 bits per heavy atom. The van der Waals surface area contributed by atoms with Gasteiger partial charge in [0, 0.05) is 6.07 Å². The zero-order valence-corrected chi connectivity index (χ0v) is 18.2. The molecule has 0 atom stereocenters. The first-order valence-corrected chi connectivity index (χ1v) is 11.8. The van der Waals surface area contributed by atoms with Crippen molar-refractivity contribution >= 4 is 43.0 Å². The van der Waals surface area contributed by atoms with Gasteiger partial charge in [0.15, 0.2) is 0 Å². The predicted octanol–water partition coefficient (Wildman–Crippen LogP) is 4.23. The summed E-state index contributed by atoms with van der Waals surface area (Å²) >= 11 is 5.98. The summed E-state index contributed by atoms with van der Waals surface area (Å²) in [6.45, 7) is 0. The maximum atomic E-state index is 14.0. The van der Waals surface area contributed by atoms with Crippen molar-refractivity contribution in [1.82, 2.24) is 0 Å². The average Bonchev–Trinajstić information content (AvgIpc) is 2.69. The summed E-state index contributed by atoms with van der Waals surface area (Å²) in [5.41, 5.74) is -0.149. The SMILES string of the molecule is COc1ccc(S(=O)(=O)Nc2ccccc2Cl)cc1NS(=O)(=O)c1ccc(F)cc1F. The topological polar surface area (TPSA) is 102 Å². The van der Waals surface area contributed by atoms with Gasteiger partial charge in [-0.1, -0.05) is 23.7 Å². The molecule has 0 radical (unpaired) electrons. The maximum absolute atomic E-state index is 14.0. The average molecular weight is 489 g/mol. The van der Waals surface area contributed by atoms with Crippen molar-refractivity contribution in [2.75, 3.05) is 16.6 Å². The molecule has 0 spiro atoms. The van der Waals surface area contributed by atoms with E-state index in [9.17, 15) is 25.6 Å². The minimum absolute atomic E-state index is 0.0252. The van der Waals surface area contributed by atoms with Crippen molar-refractivity contribution < 1.29 is 30.4 Å². The Labute approximate surface area is 182 Å². The number of ether oxygens (including phenoxy) is 1. The zero-order valence-electron chi connectivity index (χ0n) is 15.8. The summed E-state index contributed by atoms with van der Waals surface area (Å²) in [6, 6.07) is 11.5. The lowest BCUT2D eigenvalue weighted by Gasteiger charge is -2.15. The molecule has 31 heavy (non-hydrogen) atoms. The van der Waals surface area contributed by atoms with Gasteiger partial charge in [-0.3, -0.25) is 9.44 Å². The van der Waals surface area contributed by atoms with Crippen molar-refractivity contribution in [3.05, 3.63) is 77.3 Å². The molecule has 0 aromatic heterocycles. The number of anilines is 2. The number of hydrogen-bond acceptors (Lipinski definition) is 5. The lowest BCUT2D eigenvalue weighted by Crippen LogP contribution is -2.17. The molecule has 0 unspecified atom stereocenters. The minimum Gasteiger partial charge on any atom is -0.495 e. The van der Waals surface area contributed by atoms with Gasteiger partial charge in [-0.25, -0.2) is 25.6 Å². The molecule has 164 valence electrons. The van der Waals surface area contributed by atoms with Crippen LogP contribution in [0.1, 0.15) is 0 Å². The van der Waals surface area contributed by atoms with Gasteiger partial charge < -0.3 is 4.74 Å². The van der Waals surface area contributed by atoms with Gasteiger partial charge in [0.2, 0.25) is 0 Å². The summed E-state index contributed by atoms with van der Waals surface area (Å²) in [6.07, 6.45) is 0. The van der Waals surface area contributed by atoms with Gasteiger partial charge in [0.05, 0.1) is 28.4 Å². The highest BCUT2D eigenvalue weighted by molar-refractivity contribution is 7.93. The largest absolute Gasteiger partial charge is 0.495 e. The number of halogens is 3. The summed E-state index contributed by atoms with van der Waals surface area (Å²) in [5, 5.41) is 0.160. The van der Waals surface area contributed by atoms with Crippen molar-refractivity contribution in [3.63, 3.8) is 0 Å². The van der Waals surface area contributed by atoms with Crippen LogP contribution in [-0.4, -0.2) is 23.9 Å². The fourth-order valence-electron chi connectivity index (χ4n) is 2.57. The van der Waals surface area contributed by atoms with E-state index in [-0.39, 0.29) is 27.0 Å². The van der Waals surface area contributed by atoms with Crippen LogP contribution < -0.4 is 14.2 Å². The minimum atomic E-state index is -4.53. The monoisotopic (exact) mass is 488 g/mol.